The minimum Gasteiger partial charge on any atom is -0.311 e. The lowest BCUT2D eigenvalue weighted by atomic mass is 9.93. The number of anilines is 3. The molecule has 0 radical (unpaired) electrons. The molecule has 0 atom stereocenters. The summed E-state index contributed by atoms with van der Waals surface area (Å²) >= 11 is 0. The SMILES string of the molecule is [2H]c1c([2H])c(N(c2ccc(-c3ccc(-c4ccccc4)cc3)cc2)c2c([2H])c([2H])c(-c3cc4ccccc4c4ccccc34)c([2H])c2[2H])c([2H])c([2H])c1-c1cccc(-c2cccc3ccccc23)c1. The van der Waals surface area contributed by atoms with Crippen molar-refractivity contribution in [3.63, 3.8) is 0 Å². The first-order valence-electron chi connectivity index (χ1n) is 24.3. The summed E-state index contributed by atoms with van der Waals surface area (Å²) in [5, 5.41) is 5.67. The van der Waals surface area contributed by atoms with Crippen LogP contribution in [0.5, 0.6) is 0 Å². The first-order chi connectivity index (χ1) is 33.6. The predicted octanol–water partition coefficient (Wildman–Crippen LogP) is 17.0. The highest BCUT2D eigenvalue weighted by Crippen LogP contribution is 2.40. The summed E-state index contributed by atoms with van der Waals surface area (Å²) in [7, 11) is 0. The molecule has 0 aliphatic rings. The average Bonchev–Trinajstić information content (AvgIpc) is 3.40. The zero-order valence-electron chi connectivity index (χ0n) is 41.0. The van der Waals surface area contributed by atoms with Crippen LogP contribution in [0, 0.1) is 0 Å². The van der Waals surface area contributed by atoms with Gasteiger partial charge in [0.15, 0.2) is 0 Å². The van der Waals surface area contributed by atoms with Gasteiger partial charge in [-0.05, 0) is 136 Å². The van der Waals surface area contributed by atoms with Crippen LogP contribution in [0.3, 0.4) is 0 Å². The Hall–Kier alpha value is -8.00. The number of benzene rings is 11. The van der Waals surface area contributed by atoms with Crippen molar-refractivity contribution >= 4 is 49.4 Å². The quantitative estimate of drug-likeness (QED) is 0.139. The lowest BCUT2D eigenvalue weighted by Crippen LogP contribution is -2.09. The second kappa shape index (κ2) is 15.6. The molecular formula is C60H41N. The number of rotatable bonds is 8. The van der Waals surface area contributed by atoms with Crippen LogP contribution in [0.15, 0.2) is 249 Å². The number of hydrogen-bond donors (Lipinski definition) is 0. The van der Waals surface area contributed by atoms with Crippen molar-refractivity contribution in [2.24, 2.45) is 0 Å². The fourth-order valence-electron chi connectivity index (χ4n) is 8.35. The molecule has 0 amide bonds. The van der Waals surface area contributed by atoms with Gasteiger partial charge in [0, 0.05) is 17.1 Å². The van der Waals surface area contributed by atoms with E-state index in [-0.39, 0.29) is 46.7 Å². The highest BCUT2D eigenvalue weighted by Gasteiger charge is 2.16. The highest BCUT2D eigenvalue weighted by atomic mass is 15.1. The maximum Gasteiger partial charge on any atom is 0.0645 e. The molecule has 0 heterocycles. The van der Waals surface area contributed by atoms with Crippen molar-refractivity contribution in [2.45, 2.75) is 0 Å². The van der Waals surface area contributed by atoms with Gasteiger partial charge in [-0.1, -0.05) is 200 Å². The van der Waals surface area contributed by atoms with E-state index in [1.165, 1.54) is 4.90 Å². The van der Waals surface area contributed by atoms with Gasteiger partial charge in [0.05, 0.1) is 11.0 Å². The number of nitrogens with zero attached hydrogens (tertiary/aromatic N) is 1. The van der Waals surface area contributed by atoms with Crippen LogP contribution >= 0.6 is 0 Å². The molecule has 0 unspecified atom stereocenters. The molecule has 0 aliphatic carbocycles. The summed E-state index contributed by atoms with van der Waals surface area (Å²) in [6.45, 7) is 0. The van der Waals surface area contributed by atoms with Crippen LogP contribution in [0.1, 0.15) is 11.0 Å². The van der Waals surface area contributed by atoms with E-state index in [0.29, 0.717) is 16.8 Å². The van der Waals surface area contributed by atoms with E-state index in [1.807, 2.05) is 158 Å². The first-order valence-corrected chi connectivity index (χ1v) is 20.3. The minimum atomic E-state index is -0.399. The second-order valence-corrected chi connectivity index (χ2v) is 15.1. The van der Waals surface area contributed by atoms with Gasteiger partial charge < -0.3 is 4.90 Å². The van der Waals surface area contributed by atoms with Gasteiger partial charge in [-0.25, -0.2) is 0 Å². The summed E-state index contributed by atoms with van der Waals surface area (Å²) in [5.41, 5.74) is 6.95. The molecule has 0 saturated heterocycles. The Bertz CT molecular complexity index is 3750. The number of hydrogen-bond acceptors (Lipinski definition) is 1. The summed E-state index contributed by atoms with van der Waals surface area (Å²) in [4.78, 5) is 1.36. The summed E-state index contributed by atoms with van der Waals surface area (Å²) in [5.74, 6) is 0. The Morgan fingerprint density at radius 3 is 1.41 bits per heavy atom. The van der Waals surface area contributed by atoms with E-state index >= 15 is 0 Å². The van der Waals surface area contributed by atoms with Gasteiger partial charge in [0.2, 0.25) is 0 Å². The zero-order valence-corrected chi connectivity index (χ0v) is 33.0. The molecule has 0 spiro atoms. The van der Waals surface area contributed by atoms with Gasteiger partial charge in [-0.2, -0.15) is 0 Å². The van der Waals surface area contributed by atoms with Crippen molar-refractivity contribution in [3.05, 3.63) is 249 Å². The maximum atomic E-state index is 9.73. The number of fused-ring (bicyclic) bond motifs is 4. The van der Waals surface area contributed by atoms with Crippen molar-refractivity contribution in [2.75, 3.05) is 4.90 Å². The minimum absolute atomic E-state index is 0.100. The van der Waals surface area contributed by atoms with Crippen molar-refractivity contribution in [3.8, 4) is 55.6 Å². The highest BCUT2D eigenvalue weighted by molar-refractivity contribution is 6.13. The van der Waals surface area contributed by atoms with Crippen molar-refractivity contribution in [1.29, 1.82) is 0 Å². The lowest BCUT2D eigenvalue weighted by Gasteiger charge is -2.26. The molecule has 0 aliphatic heterocycles. The molecule has 61 heavy (non-hydrogen) atoms. The molecule has 0 aromatic heterocycles. The molecule has 0 bridgehead atoms. The summed E-state index contributed by atoms with van der Waals surface area (Å²) < 4.78 is 77.2. The molecule has 1 nitrogen and oxygen atoms in total. The van der Waals surface area contributed by atoms with Crippen LogP contribution in [0.2, 0.25) is 0 Å². The Kier molecular flexibility index (Phi) is 7.29. The third kappa shape index (κ3) is 6.93. The zero-order chi connectivity index (χ0) is 47.5. The van der Waals surface area contributed by atoms with Gasteiger partial charge in [0.1, 0.15) is 0 Å². The topological polar surface area (TPSA) is 3.24 Å². The van der Waals surface area contributed by atoms with Crippen LogP contribution in [0.4, 0.5) is 17.1 Å². The maximum absolute atomic E-state index is 9.73. The summed E-state index contributed by atoms with van der Waals surface area (Å²) in [6.07, 6.45) is 0. The molecule has 11 rings (SSSR count). The average molecular weight is 784 g/mol. The van der Waals surface area contributed by atoms with E-state index in [0.717, 1.165) is 65.7 Å². The van der Waals surface area contributed by atoms with E-state index < -0.39 is 24.2 Å². The van der Waals surface area contributed by atoms with Crippen LogP contribution in [-0.2, 0) is 0 Å². The standard InChI is InChI=1S/C60H41N/c1-2-12-42(13-3-1)43-24-26-44(27-25-43)45-28-34-52(35-29-45)61(54-38-32-48(33-39-54)60-41-51-15-5-7-20-57(51)58-21-8-9-22-59(58)60)53-36-30-46(31-37-53)49-17-10-18-50(40-49)56-23-11-16-47-14-4-6-19-55(47)56/h1-41H/i30D,31D,32D,33D,36D,37D,38D,39D. The fraction of sp³-hybridized carbons (Fsp3) is 0. The monoisotopic (exact) mass is 783 g/mol. The van der Waals surface area contributed by atoms with Gasteiger partial charge in [0.25, 0.3) is 0 Å². The van der Waals surface area contributed by atoms with Crippen molar-refractivity contribution in [1.82, 2.24) is 0 Å². The predicted molar refractivity (Wildman–Crippen MR) is 261 cm³/mol. The Morgan fingerprint density at radius 1 is 0.246 bits per heavy atom. The Morgan fingerprint density at radius 2 is 0.721 bits per heavy atom. The molecule has 0 saturated carbocycles. The molecule has 11 aromatic carbocycles. The molecule has 11 aromatic rings. The summed E-state index contributed by atoms with van der Waals surface area (Å²) in [6, 6.07) is 61.8. The van der Waals surface area contributed by atoms with Crippen LogP contribution in [-0.4, -0.2) is 0 Å². The molecule has 1 heteroatoms. The van der Waals surface area contributed by atoms with Gasteiger partial charge in [-0.15, -0.1) is 0 Å². The normalized spacial score (nSPS) is 13.1. The smallest absolute Gasteiger partial charge is 0.0645 e. The Labute approximate surface area is 368 Å². The van der Waals surface area contributed by atoms with E-state index in [4.69, 9.17) is 0 Å². The van der Waals surface area contributed by atoms with Crippen molar-refractivity contribution < 1.29 is 11.0 Å². The molecule has 0 N–H and O–H groups in total. The van der Waals surface area contributed by atoms with Gasteiger partial charge in [-0.3, -0.25) is 0 Å². The largest absolute Gasteiger partial charge is 0.311 e. The molecule has 0 fully saturated rings. The van der Waals surface area contributed by atoms with E-state index in [9.17, 15) is 11.0 Å². The third-order valence-electron chi connectivity index (χ3n) is 11.4. The van der Waals surface area contributed by atoms with Gasteiger partial charge >= 0.3 is 0 Å². The van der Waals surface area contributed by atoms with E-state index in [1.54, 1.807) is 18.2 Å². The first kappa shape index (κ1) is 28.4. The second-order valence-electron chi connectivity index (χ2n) is 15.1. The fourth-order valence-corrected chi connectivity index (χ4v) is 8.35. The lowest BCUT2D eigenvalue weighted by molar-refractivity contribution is 1.28. The van der Waals surface area contributed by atoms with Crippen LogP contribution < -0.4 is 4.90 Å². The van der Waals surface area contributed by atoms with Crippen LogP contribution in [0.25, 0.3) is 88.0 Å². The van der Waals surface area contributed by atoms with E-state index in [2.05, 4.69) is 24.3 Å². The Balaban J connectivity index is 1.09. The molecule has 286 valence electrons. The third-order valence-corrected chi connectivity index (χ3v) is 11.4. The molecular weight excluding hydrogens is 735 g/mol.